The molecule has 1 unspecified atom stereocenters. The van der Waals surface area contributed by atoms with E-state index >= 15 is 0 Å². The molecule has 2 saturated heterocycles. The first kappa shape index (κ1) is 23.4. The molecule has 2 rings (SSSR count). The fraction of sp³-hybridized carbons (Fsp3) is 0.850. The van der Waals surface area contributed by atoms with Crippen molar-refractivity contribution >= 4 is 17.8 Å². The minimum absolute atomic E-state index is 0.0314. The van der Waals surface area contributed by atoms with Gasteiger partial charge in [0.15, 0.2) is 5.96 Å². The number of ether oxygens (including phenoxy) is 1. The predicted molar refractivity (Wildman–Crippen MR) is 114 cm³/mol. The van der Waals surface area contributed by atoms with Crippen molar-refractivity contribution < 1.29 is 14.3 Å². The zero-order chi connectivity index (χ0) is 21.1. The van der Waals surface area contributed by atoms with Crippen LogP contribution in [0.25, 0.3) is 0 Å². The Labute approximate surface area is 174 Å². The second kappa shape index (κ2) is 12.6. The average molecular weight is 411 g/mol. The maximum absolute atomic E-state index is 11.9. The molecule has 2 aliphatic rings. The Morgan fingerprint density at radius 1 is 1.17 bits per heavy atom. The number of hydrogen-bond acceptors (Lipinski definition) is 5. The van der Waals surface area contributed by atoms with Crippen molar-refractivity contribution in [3.8, 4) is 0 Å². The van der Waals surface area contributed by atoms with E-state index in [4.69, 9.17) is 4.74 Å². The minimum atomic E-state index is -0.0314. The lowest BCUT2D eigenvalue weighted by molar-refractivity contribution is -0.127. The topological polar surface area (TPSA) is 98.3 Å². The third-order valence-corrected chi connectivity index (χ3v) is 5.26. The number of amides is 2. The molecule has 9 nitrogen and oxygen atoms in total. The number of rotatable bonds is 9. The second-order valence-electron chi connectivity index (χ2n) is 8.01. The summed E-state index contributed by atoms with van der Waals surface area (Å²) in [6, 6.07) is 0.273. The van der Waals surface area contributed by atoms with Crippen LogP contribution in [-0.2, 0) is 14.3 Å². The normalized spacial score (nSPS) is 21.1. The molecule has 166 valence electrons. The average Bonchev–Trinajstić information content (AvgIpc) is 3.23. The van der Waals surface area contributed by atoms with Gasteiger partial charge in [0.25, 0.3) is 0 Å². The van der Waals surface area contributed by atoms with Crippen LogP contribution < -0.4 is 16.0 Å². The van der Waals surface area contributed by atoms with Gasteiger partial charge in [0.1, 0.15) is 6.54 Å². The number of carbonyl (C=O) groups is 2. The highest BCUT2D eigenvalue weighted by Gasteiger charge is 2.22. The smallest absolute Gasteiger partial charge is 0.243 e. The van der Waals surface area contributed by atoms with Gasteiger partial charge < -0.3 is 25.6 Å². The maximum Gasteiger partial charge on any atom is 0.243 e. The van der Waals surface area contributed by atoms with Gasteiger partial charge in [-0.1, -0.05) is 6.92 Å². The number of likely N-dealkylation sites (N-methyl/N-ethyl adjacent to an activating group) is 1. The minimum Gasteiger partial charge on any atom is -0.376 e. The van der Waals surface area contributed by atoms with E-state index in [1.807, 2.05) is 0 Å². The van der Waals surface area contributed by atoms with E-state index in [9.17, 15) is 9.59 Å². The highest BCUT2D eigenvalue weighted by atomic mass is 16.5. The zero-order valence-electron chi connectivity index (χ0n) is 18.2. The van der Waals surface area contributed by atoms with Crippen LogP contribution in [0, 0.1) is 0 Å². The first-order valence-corrected chi connectivity index (χ1v) is 10.8. The third kappa shape index (κ3) is 8.99. The maximum atomic E-state index is 11.9. The molecule has 0 saturated carbocycles. The van der Waals surface area contributed by atoms with Gasteiger partial charge in [-0.05, 0) is 32.1 Å². The Kier molecular flexibility index (Phi) is 10.2. The van der Waals surface area contributed by atoms with E-state index in [2.05, 4.69) is 32.8 Å². The van der Waals surface area contributed by atoms with E-state index in [1.54, 1.807) is 19.0 Å². The van der Waals surface area contributed by atoms with E-state index < -0.39 is 0 Å². The van der Waals surface area contributed by atoms with E-state index in [1.165, 1.54) is 0 Å². The number of carbonyl (C=O) groups excluding carboxylic acids is 2. The van der Waals surface area contributed by atoms with Crippen molar-refractivity contribution in [2.24, 2.45) is 4.99 Å². The summed E-state index contributed by atoms with van der Waals surface area (Å²) in [5.74, 6) is 0.729. The molecule has 0 aromatic rings. The van der Waals surface area contributed by atoms with Crippen molar-refractivity contribution in [1.29, 1.82) is 0 Å². The van der Waals surface area contributed by atoms with Crippen LogP contribution in [0.5, 0.6) is 0 Å². The van der Waals surface area contributed by atoms with Gasteiger partial charge in [0.2, 0.25) is 11.8 Å². The Balaban J connectivity index is 1.80. The Bertz CT molecular complexity index is 540. The first-order valence-electron chi connectivity index (χ1n) is 10.8. The third-order valence-electron chi connectivity index (χ3n) is 5.26. The standard InChI is InChI=1S/C20H38N6O3/c1-4-9-21-18(27)15-26-10-7-16(8-11-26)24-20(23-14-19(28)25(2)3)22-13-17-6-5-12-29-17/h16-17H,4-15H2,1-3H3,(H,21,27)(H2,22,23,24). The molecule has 2 fully saturated rings. The van der Waals surface area contributed by atoms with Crippen LogP contribution in [0.1, 0.15) is 39.0 Å². The number of nitrogens with one attached hydrogen (secondary N) is 3. The number of likely N-dealkylation sites (tertiary alicyclic amines) is 1. The number of hydrogen-bond donors (Lipinski definition) is 3. The van der Waals surface area contributed by atoms with Crippen LogP contribution in [0.2, 0.25) is 0 Å². The summed E-state index contributed by atoms with van der Waals surface area (Å²) in [4.78, 5) is 32.0. The molecular weight excluding hydrogens is 372 g/mol. The molecule has 0 radical (unpaired) electrons. The van der Waals surface area contributed by atoms with Crippen LogP contribution in [0.15, 0.2) is 4.99 Å². The molecule has 0 aliphatic carbocycles. The van der Waals surface area contributed by atoms with Crippen LogP contribution >= 0.6 is 0 Å². The van der Waals surface area contributed by atoms with Crippen molar-refractivity contribution in [3.05, 3.63) is 0 Å². The van der Waals surface area contributed by atoms with E-state index in [0.717, 1.165) is 58.3 Å². The highest BCUT2D eigenvalue weighted by molar-refractivity contribution is 5.85. The molecule has 2 heterocycles. The van der Waals surface area contributed by atoms with Crippen LogP contribution in [0.3, 0.4) is 0 Å². The summed E-state index contributed by atoms with van der Waals surface area (Å²) in [7, 11) is 3.47. The van der Waals surface area contributed by atoms with Gasteiger partial charge in [0, 0.05) is 52.9 Å². The van der Waals surface area contributed by atoms with Crippen molar-refractivity contribution in [2.75, 3.05) is 60.0 Å². The van der Waals surface area contributed by atoms with Gasteiger partial charge in [-0.25, -0.2) is 4.99 Å². The SMILES string of the molecule is CCCNC(=O)CN1CCC(NC(=NCC(=O)N(C)C)NCC2CCCO2)CC1. The second-order valence-corrected chi connectivity index (χ2v) is 8.01. The van der Waals surface area contributed by atoms with E-state index in [0.29, 0.717) is 19.0 Å². The Morgan fingerprint density at radius 3 is 2.55 bits per heavy atom. The summed E-state index contributed by atoms with van der Waals surface area (Å²) < 4.78 is 5.67. The zero-order valence-corrected chi connectivity index (χ0v) is 18.2. The first-order chi connectivity index (χ1) is 14.0. The molecule has 0 spiro atoms. The molecule has 0 bridgehead atoms. The van der Waals surface area contributed by atoms with E-state index in [-0.39, 0.29) is 30.5 Å². The highest BCUT2D eigenvalue weighted by Crippen LogP contribution is 2.12. The molecule has 1 atom stereocenters. The largest absolute Gasteiger partial charge is 0.376 e. The monoisotopic (exact) mass is 410 g/mol. The molecule has 2 aliphatic heterocycles. The molecular formula is C20H38N6O3. The van der Waals surface area contributed by atoms with Crippen LogP contribution in [-0.4, -0.2) is 99.7 Å². The molecule has 9 heteroatoms. The van der Waals surface area contributed by atoms with Gasteiger partial charge >= 0.3 is 0 Å². The quantitative estimate of drug-likeness (QED) is 0.359. The Morgan fingerprint density at radius 2 is 1.93 bits per heavy atom. The van der Waals surface area contributed by atoms with Gasteiger partial charge in [-0.15, -0.1) is 0 Å². The van der Waals surface area contributed by atoms with Gasteiger partial charge in [-0.3, -0.25) is 14.5 Å². The number of guanidine groups is 1. The summed E-state index contributed by atoms with van der Waals surface area (Å²) in [6.07, 6.45) is 5.17. The molecule has 29 heavy (non-hydrogen) atoms. The lowest BCUT2D eigenvalue weighted by atomic mass is 10.1. The van der Waals surface area contributed by atoms with Gasteiger partial charge in [-0.2, -0.15) is 0 Å². The lowest BCUT2D eigenvalue weighted by Crippen LogP contribution is -2.51. The molecule has 0 aromatic heterocycles. The number of aliphatic imine (C=N–C) groups is 1. The molecule has 2 amide bonds. The predicted octanol–water partition coefficient (Wildman–Crippen LogP) is -0.221. The van der Waals surface area contributed by atoms with Crippen molar-refractivity contribution in [3.63, 3.8) is 0 Å². The van der Waals surface area contributed by atoms with Crippen LogP contribution in [0.4, 0.5) is 0 Å². The Hall–Kier alpha value is -1.87. The number of nitrogens with zero attached hydrogens (tertiary/aromatic N) is 3. The fourth-order valence-electron chi connectivity index (χ4n) is 3.41. The van der Waals surface area contributed by atoms with Crippen molar-refractivity contribution in [2.45, 2.75) is 51.2 Å². The molecule has 3 N–H and O–H groups in total. The summed E-state index contributed by atoms with van der Waals surface area (Å²) >= 11 is 0. The van der Waals surface area contributed by atoms with Gasteiger partial charge in [0.05, 0.1) is 12.6 Å². The van der Waals surface area contributed by atoms with Crippen molar-refractivity contribution in [1.82, 2.24) is 25.8 Å². The lowest BCUT2D eigenvalue weighted by Gasteiger charge is -2.32. The summed E-state index contributed by atoms with van der Waals surface area (Å²) in [6.45, 7) is 6.61. The molecule has 0 aromatic carbocycles. The summed E-state index contributed by atoms with van der Waals surface area (Å²) in [5.41, 5.74) is 0. The number of piperidine rings is 1. The fourth-order valence-corrected chi connectivity index (χ4v) is 3.41. The summed E-state index contributed by atoms with van der Waals surface area (Å²) in [5, 5.41) is 9.73.